The first-order valence-electron chi connectivity index (χ1n) is 8.29. The van der Waals surface area contributed by atoms with Gasteiger partial charge in [0.15, 0.2) is 0 Å². The Balaban J connectivity index is 1.99. The van der Waals surface area contributed by atoms with Crippen LogP contribution in [0, 0.1) is 0 Å². The molecule has 6 rings (SSSR count). The minimum atomic E-state index is -0.00270. The van der Waals surface area contributed by atoms with E-state index in [4.69, 9.17) is 4.98 Å². The molecule has 0 saturated carbocycles. The van der Waals surface area contributed by atoms with Crippen molar-refractivity contribution >= 4 is 49.0 Å². The average Bonchev–Trinajstić information content (AvgIpc) is 3.02. The standard InChI is InChI=1S/C22H12N2O/c25-22-17-10-4-8-13-7-3-9-16(20(13)17)21-23-18-11-14-5-1-2-6-15(14)12-19(18)24(21)22/h1-12H. The Labute approximate surface area is 142 Å². The topological polar surface area (TPSA) is 34.4 Å². The zero-order valence-electron chi connectivity index (χ0n) is 13.2. The lowest BCUT2D eigenvalue weighted by molar-refractivity contribution is 1.19. The monoisotopic (exact) mass is 320 g/mol. The zero-order valence-corrected chi connectivity index (χ0v) is 13.2. The van der Waals surface area contributed by atoms with Gasteiger partial charge in [0.1, 0.15) is 5.65 Å². The van der Waals surface area contributed by atoms with E-state index in [0.29, 0.717) is 0 Å². The Kier molecular flexibility index (Phi) is 2.24. The highest BCUT2D eigenvalue weighted by Gasteiger charge is 2.15. The molecule has 0 radical (unpaired) electrons. The number of fused-ring (bicyclic) bond motifs is 5. The van der Waals surface area contributed by atoms with Crippen LogP contribution in [0.15, 0.2) is 77.6 Å². The molecule has 0 aliphatic rings. The maximum Gasteiger partial charge on any atom is 0.264 e. The van der Waals surface area contributed by atoms with E-state index in [9.17, 15) is 4.79 Å². The molecule has 0 bridgehead atoms. The largest absolute Gasteiger partial charge is 0.268 e. The molecule has 116 valence electrons. The molecule has 0 fully saturated rings. The second kappa shape index (κ2) is 4.33. The van der Waals surface area contributed by atoms with Gasteiger partial charge in [-0.25, -0.2) is 4.98 Å². The molecule has 0 amide bonds. The minimum Gasteiger partial charge on any atom is -0.268 e. The number of nitrogens with zero attached hydrogens (tertiary/aromatic N) is 2. The van der Waals surface area contributed by atoms with Gasteiger partial charge in [-0.3, -0.25) is 9.20 Å². The van der Waals surface area contributed by atoms with Crippen LogP contribution in [0.25, 0.3) is 49.0 Å². The second-order valence-corrected chi connectivity index (χ2v) is 6.47. The van der Waals surface area contributed by atoms with Crippen LogP contribution in [0.5, 0.6) is 0 Å². The van der Waals surface area contributed by atoms with Crippen molar-refractivity contribution in [1.29, 1.82) is 0 Å². The Morgan fingerprint density at radius 2 is 1.40 bits per heavy atom. The third-order valence-electron chi connectivity index (χ3n) is 5.10. The van der Waals surface area contributed by atoms with E-state index in [1.165, 1.54) is 0 Å². The lowest BCUT2D eigenvalue weighted by Crippen LogP contribution is -2.13. The van der Waals surface area contributed by atoms with Crippen molar-refractivity contribution in [1.82, 2.24) is 9.38 Å². The molecule has 3 nitrogen and oxygen atoms in total. The fraction of sp³-hybridized carbons (Fsp3) is 0. The SMILES string of the molecule is O=c1c2cccc3cccc(c32)c2nc3cc4ccccc4cc3n12. The number of aromatic nitrogens is 2. The molecule has 4 aromatic carbocycles. The third-order valence-corrected chi connectivity index (χ3v) is 5.10. The van der Waals surface area contributed by atoms with Gasteiger partial charge in [-0.2, -0.15) is 0 Å². The maximum atomic E-state index is 13.2. The molecule has 25 heavy (non-hydrogen) atoms. The van der Waals surface area contributed by atoms with Gasteiger partial charge >= 0.3 is 0 Å². The molecule has 6 aromatic rings. The van der Waals surface area contributed by atoms with Crippen LogP contribution in [0.3, 0.4) is 0 Å². The number of hydrogen-bond donors (Lipinski definition) is 0. The summed E-state index contributed by atoms with van der Waals surface area (Å²) in [6.45, 7) is 0. The highest BCUT2D eigenvalue weighted by molar-refractivity contribution is 6.15. The molecule has 0 saturated heterocycles. The van der Waals surface area contributed by atoms with Crippen LogP contribution in [-0.2, 0) is 0 Å². The lowest BCUT2D eigenvalue weighted by Gasteiger charge is -2.06. The first-order chi connectivity index (χ1) is 12.3. The van der Waals surface area contributed by atoms with E-state index in [2.05, 4.69) is 30.3 Å². The normalized spacial score (nSPS) is 12.2. The Morgan fingerprint density at radius 1 is 0.720 bits per heavy atom. The highest BCUT2D eigenvalue weighted by Crippen LogP contribution is 2.30. The van der Waals surface area contributed by atoms with Crippen molar-refractivity contribution in [3.63, 3.8) is 0 Å². The molecular formula is C22H12N2O. The van der Waals surface area contributed by atoms with Crippen LogP contribution >= 0.6 is 0 Å². The van der Waals surface area contributed by atoms with Crippen LogP contribution in [0.2, 0.25) is 0 Å². The van der Waals surface area contributed by atoms with E-state index < -0.39 is 0 Å². The summed E-state index contributed by atoms with van der Waals surface area (Å²) >= 11 is 0. The van der Waals surface area contributed by atoms with Crippen molar-refractivity contribution < 1.29 is 0 Å². The number of pyridine rings is 1. The summed E-state index contributed by atoms with van der Waals surface area (Å²) in [5.74, 6) is 0. The van der Waals surface area contributed by atoms with Crippen LogP contribution in [0.4, 0.5) is 0 Å². The third kappa shape index (κ3) is 1.55. The molecule has 0 aliphatic carbocycles. The number of benzene rings is 4. The predicted octanol–water partition coefficient (Wildman–Crippen LogP) is 4.75. The van der Waals surface area contributed by atoms with Crippen LogP contribution < -0.4 is 5.56 Å². The van der Waals surface area contributed by atoms with Crippen LogP contribution in [-0.4, -0.2) is 9.38 Å². The number of rotatable bonds is 0. The number of hydrogen-bond acceptors (Lipinski definition) is 2. The second-order valence-electron chi connectivity index (χ2n) is 6.47. The van der Waals surface area contributed by atoms with Crippen LogP contribution in [0.1, 0.15) is 0 Å². The Morgan fingerprint density at radius 3 is 2.20 bits per heavy atom. The smallest absolute Gasteiger partial charge is 0.264 e. The molecule has 0 spiro atoms. The number of imidazole rings is 1. The fourth-order valence-corrected chi connectivity index (χ4v) is 3.98. The lowest BCUT2D eigenvalue weighted by atomic mass is 10.0. The van der Waals surface area contributed by atoms with Gasteiger partial charge in [0.05, 0.1) is 11.0 Å². The minimum absolute atomic E-state index is 0.00270. The summed E-state index contributed by atoms with van der Waals surface area (Å²) in [4.78, 5) is 18.0. The molecule has 0 atom stereocenters. The Bertz CT molecular complexity index is 1510. The molecule has 3 heteroatoms. The zero-order chi connectivity index (χ0) is 16.5. The first-order valence-corrected chi connectivity index (χ1v) is 8.29. The molecule has 0 N–H and O–H groups in total. The van der Waals surface area contributed by atoms with E-state index >= 15 is 0 Å². The predicted molar refractivity (Wildman–Crippen MR) is 103 cm³/mol. The summed E-state index contributed by atoms with van der Waals surface area (Å²) < 4.78 is 1.76. The van der Waals surface area contributed by atoms with Crippen molar-refractivity contribution in [2.45, 2.75) is 0 Å². The van der Waals surface area contributed by atoms with Gasteiger partial charge in [-0.05, 0) is 34.4 Å². The quantitative estimate of drug-likeness (QED) is 0.405. The van der Waals surface area contributed by atoms with Crippen molar-refractivity contribution in [2.75, 3.05) is 0 Å². The summed E-state index contributed by atoms with van der Waals surface area (Å²) in [5, 5.41) is 6.09. The van der Waals surface area contributed by atoms with E-state index in [1.54, 1.807) is 4.40 Å². The first kappa shape index (κ1) is 12.9. The van der Waals surface area contributed by atoms with Crippen molar-refractivity contribution in [2.24, 2.45) is 0 Å². The molecule has 2 heterocycles. The van der Waals surface area contributed by atoms with E-state index in [-0.39, 0.29) is 5.56 Å². The van der Waals surface area contributed by atoms with Gasteiger partial charge in [0.25, 0.3) is 5.56 Å². The molecule has 0 unspecified atom stereocenters. The summed E-state index contributed by atoms with van der Waals surface area (Å²) in [6.07, 6.45) is 0. The summed E-state index contributed by atoms with van der Waals surface area (Å²) in [7, 11) is 0. The maximum absolute atomic E-state index is 13.2. The summed E-state index contributed by atoms with van der Waals surface area (Å²) in [6, 6.07) is 24.3. The van der Waals surface area contributed by atoms with Gasteiger partial charge in [-0.1, -0.05) is 54.6 Å². The van der Waals surface area contributed by atoms with Crippen molar-refractivity contribution in [3.8, 4) is 0 Å². The van der Waals surface area contributed by atoms with Gasteiger partial charge in [0.2, 0.25) is 0 Å². The van der Waals surface area contributed by atoms with Gasteiger partial charge < -0.3 is 0 Å². The average molecular weight is 320 g/mol. The Hall–Kier alpha value is -3.46. The molecule has 2 aromatic heterocycles. The van der Waals surface area contributed by atoms with Gasteiger partial charge in [0, 0.05) is 16.2 Å². The molecule has 0 aliphatic heterocycles. The summed E-state index contributed by atoms with van der Waals surface area (Å²) in [5.41, 5.74) is 2.45. The fourth-order valence-electron chi connectivity index (χ4n) is 3.98. The van der Waals surface area contributed by atoms with E-state index in [0.717, 1.165) is 49.0 Å². The highest BCUT2D eigenvalue weighted by atomic mass is 16.1. The van der Waals surface area contributed by atoms with E-state index in [1.807, 2.05) is 42.5 Å². The molecular weight excluding hydrogens is 308 g/mol. The van der Waals surface area contributed by atoms with Crippen molar-refractivity contribution in [3.05, 3.63) is 83.2 Å². The van der Waals surface area contributed by atoms with Gasteiger partial charge in [-0.15, -0.1) is 0 Å².